The van der Waals surface area contributed by atoms with Crippen LogP contribution in [0.1, 0.15) is 33.6 Å². The molecule has 1 aromatic rings. The first-order valence-electron chi connectivity index (χ1n) is 6.61. The SMILES string of the molecule is CCn1nncc1N1CCCC1CNC(C)C. The van der Waals surface area contributed by atoms with Gasteiger partial charge in [0.2, 0.25) is 0 Å². The summed E-state index contributed by atoms with van der Waals surface area (Å²) in [5.41, 5.74) is 0. The molecule has 2 heterocycles. The highest BCUT2D eigenvalue weighted by atomic mass is 15.5. The van der Waals surface area contributed by atoms with Crippen LogP contribution >= 0.6 is 0 Å². The minimum atomic E-state index is 0.548. The summed E-state index contributed by atoms with van der Waals surface area (Å²) < 4.78 is 1.98. The normalized spacial score (nSPS) is 20.5. The molecule has 5 nitrogen and oxygen atoms in total. The highest BCUT2D eigenvalue weighted by molar-refractivity contribution is 5.39. The first-order chi connectivity index (χ1) is 8.22. The number of anilines is 1. The summed E-state index contributed by atoms with van der Waals surface area (Å²) in [6, 6.07) is 1.13. The zero-order chi connectivity index (χ0) is 12.3. The Labute approximate surface area is 103 Å². The standard InChI is InChI=1S/C12H23N5/c1-4-17-12(9-14-15-17)16-7-5-6-11(16)8-13-10(2)3/h9-11,13H,4-8H2,1-3H3. The van der Waals surface area contributed by atoms with Gasteiger partial charge >= 0.3 is 0 Å². The van der Waals surface area contributed by atoms with E-state index < -0.39 is 0 Å². The summed E-state index contributed by atoms with van der Waals surface area (Å²) in [5.74, 6) is 1.17. The molecule has 1 fully saturated rings. The zero-order valence-electron chi connectivity index (χ0n) is 11.1. The summed E-state index contributed by atoms with van der Waals surface area (Å²) >= 11 is 0. The molecule has 0 radical (unpaired) electrons. The largest absolute Gasteiger partial charge is 0.351 e. The van der Waals surface area contributed by atoms with Crippen molar-refractivity contribution < 1.29 is 0 Å². The lowest BCUT2D eigenvalue weighted by Crippen LogP contribution is -2.41. The van der Waals surface area contributed by atoms with Gasteiger partial charge in [-0.1, -0.05) is 19.1 Å². The van der Waals surface area contributed by atoms with Gasteiger partial charge in [-0.15, -0.1) is 5.10 Å². The summed E-state index contributed by atoms with van der Waals surface area (Å²) in [6.45, 7) is 9.55. The topological polar surface area (TPSA) is 46.0 Å². The molecule has 1 N–H and O–H groups in total. The smallest absolute Gasteiger partial charge is 0.147 e. The Morgan fingerprint density at radius 3 is 3.06 bits per heavy atom. The summed E-state index contributed by atoms with van der Waals surface area (Å²) in [7, 11) is 0. The van der Waals surface area contributed by atoms with Gasteiger partial charge in [-0.3, -0.25) is 0 Å². The van der Waals surface area contributed by atoms with E-state index in [4.69, 9.17) is 0 Å². The molecule has 96 valence electrons. The summed E-state index contributed by atoms with van der Waals surface area (Å²) in [4.78, 5) is 2.44. The molecular formula is C12H23N5. The fraction of sp³-hybridized carbons (Fsp3) is 0.833. The molecule has 2 rings (SSSR count). The predicted molar refractivity (Wildman–Crippen MR) is 69.2 cm³/mol. The van der Waals surface area contributed by atoms with E-state index in [-0.39, 0.29) is 0 Å². The fourth-order valence-corrected chi connectivity index (χ4v) is 2.42. The van der Waals surface area contributed by atoms with Gasteiger partial charge in [-0.25, -0.2) is 4.68 Å². The minimum absolute atomic E-state index is 0.548. The third kappa shape index (κ3) is 2.77. The maximum absolute atomic E-state index is 4.11. The average Bonchev–Trinajstić information content (AvgIpc) is 2.93. The summed E-state index contributed by atoms with van der Waals surface area (Å²) in [5, 5.41) is 11.7. The van der Waals surface area contributed by atoms with E-state index in [1.807, 2.05) is 10.9 Å². The molecule has 1 aromatic heterocycles. The lowest BCUT2D eigenvalue weighted by atomic mass is 10.2. The molecule has 5 heteroatoms. The van der Waals surface area contributed by atoms with Gasteiger partial charge in [0.25, 0.3) is 0 Å². The monoisotopic (exact) mass is 237 g/mol. The molecule has 1 aliphatic rings. The molecule has 0 bridgehead atoms. The van der Waals surface area contributed by atoms with Crippen molar-refractivity contribution in [2.45, 2.75) is 52.2 Å². The van der Waals surface area contributed by atoms with E-state index in [0.29, 0.717) is 12.1 Å². The molecule has 0 amide bonds. The molecule has 0 saturated carbocycles. The number of hydrogen-bond acceptors (Lipinski definition) is 4. The van der Waals surface area contributed by atoms with Crippen molar-refractivity contribution >= 4 is 5.82 Å². The molecular weight excluding hydrogens is 214 g/mol. The summed E-state index contributed by atoms with van der Waals surface area (Å²) in [6.07, 6.45) is 4.41. The molecule has 1 unspecified atom stereocenters. The van der Waals surface area contributed by atoms with Crippen LogP contribution in [0.25, 0.3) is 0 Å². The molecule has 1 atom stereocenters. The van der Waals surface area contributed by atoms with Crippen LogP contribution in [0.3, 0.4) is 0 Å². The van der Waals surface area contributed by atoms with Crippen LogP contribution in [0.5, 0.6) is 0 Å². The molecule has 17 heavy (non-hydrogen) atoms. The quantitative estimate of drug-likeness (QED) is 0.837. The van der Waals surface area contributed by atoms with Gasteiger partial charge in [0.05, 0.1) is 6.20 Å². The first-order valence-corrected chi connectivity index (χ1v) is 6.61. The molecule has 0 spiro atoms. The number of hydrogen-bond donors (Lipinski definition) is 1. The second-order valence-corrected chi connectivity index (χ2v) is 4.96. The van der Waals surface area contributed by atoms with Gasteiger partial charge in [0, 0.05) is 31.7 Å². The van der Waals surface area contributed by atoms with Crippen molar-refractivity contribution in [2.24, 2.45) is 0 Å². The Morgan fingerprint density at radius 2 is 2.35 bits per heavy atom. The van der Waals surface area contributed by atoms with Crippen molar-refractivity contribution in [3.05, 3.63) is 6.20 Å². The van der Waals surface area contributed by atoms with E-state index in [1.165, 1.54) is 18.7 Å². The number of rotatable bonds is 5. The Morgan fingerprint density at radius 1 is 1.53 bits per heavy atom. The minimum Gasteiger partial charge on any atom is -0.351 e. The second-order valence-electron chi connectivity index (χ2n) is 4.96. The lowest BCUT2D eigenvalue weighted by Gasteiger charge is -2.27. The van der Waals surface area contributed by atoms with E-state index >= 15 is 0 Å². The van der Waals surface area contributed by atoms with E-state index in [1.54, 1.807) is 0 Å². The maximum atomic E-state index is 4.11. The second kappa shape index (κ2) is 5.49. The van der Waals surface area contributed by atoms with Crippen LogP contribution in [0, 0.1) is 0 Å². The lowest BCUT2D eigenvalue weighted by molar-refractivity contribution is 0.514. The fourth-order valence-electron chi connectivity index (χ4n) is 2.42. The van der Waals surface area contributed by atoms with E-state index in [0.717, 1.165) is 19.6 Å². The Bertz CT molecular complexity index is 346. The van der Waals surface area contributed by atoms with Crippen LogP contribution in [-0.2, 0) is 6.54 Å². The van der Waals surface area contributed by atoms with Crippen LogP contribution in [0.4, 0.5) is 5.82 Å². The molecule has 0 aromatic carbocycles. The van der Waals surface area contributed by atoms with E-state index in [2.05, 4.69) is 41.3 Å². The van der Waals surface area contributed by atoms with Crippen LogP contribution < -0.4 is 10.2 Å². The Kier molecular flexibility index (Phi) is 3.99. The van der Waals surface area contributed by atoms with Gasteiger partial charge < -0.3 is 10.2 Å². The van der Waals surface area contributed by atoms with Gasteiger partial charge in [0.15, 0.2) is 0 Å². The predicted octanol–water partition coefficient (Wildman–Crippen LogP) is 1.26. The number of aryl methyl sites for hydroxylation is 1. The molecule has 0 aliphatic carbocycles. The zero-order valence-corrected chi connectivity index (χ0v) is 11.1. The van der Waals surface area contributed by atoms with Gasteiger partial charge in [0.1, 0.15) is 5.82 Å². The molecule has 1 saturated heterocycles. The Hall–Kier alpha value is -1.10. The highest BCUT2D eigenvalue weighted by Crippen LogP contribution is 2.24. The van der Waals surface area contributed by atoms with Crippen molar-refractivity contribution in [1.29, 1.82) is 0 Å². The van der Waals surface area contributed by atoms with Crippen LogP contribution in [-0.4, -0.2) is 40.2 Å². The molecule has 1 aliphatic heterocycles. The van der Waals surface area contributed by atoms with Crippen molar-refractivity contribution in [3.8, 4) is 0 Å². The third-order valence-corrected chi connectivity index (χ3v) is 3.33. The van der Waals surface area contributed by atoms with Crippen LogP contribution in [0.2, 0.25) is 0 Å². The maximum Gasteiger partial charge on any atom is 0.147 e. The van der Waals surface area contributed by atoms with Gasteiger partial charge in [-0.05, 0) is 19.8 Å². The highest BCUT2D eigenvalue weighted by Gasteiger charge is 2.26. The van der Waals surface area contributed by atoms with E-state index in [9.17, 15) is 0 Å². The Balaban J connectivity index is 2.04. The average molecular weight is 237 g/mol. The van der Waals surface area contributed by atoms with Crippen LogP contribution in [0.15, 0.2) is 6.20 Å². The van der Waals surface area contributed by atoms with Crippen molar-refractivity contribution in [2.75, 3.05) is 18.0 Å². The number of aromatic nitrogens is 3. The number of nitrogens with one attached hydrogen (secondary N) is 1. The van der Waals surface area contributed by atoms with Gasteiger partial charge in [-0.2, -0.15) is 0 Å². The van der Waals surface area contributed by atoms with Crippen molar-refractivity contribution in [1.82, 2.24) is 20.3 Å². The first kappa shape index (κ1) is 12.4. The van der Waals surface area contributed by atoms with Crippen molar-refractivity contribution in [3.63, 3.8) is 0 Å². The number of nitrogens with zero attached hydrogens (tertiary/aromatic N) is 4. The third-order valence-electron chi connectivity index (χ3n) is 3.33.